The van der Waals surface area contributed by atoms with E-state index in [4.69, 9.17) is 13.0 Å². The second-order valence-corrected chi connectivity index (χ2v) is 8.07. The smallest absolute Gasteiger partial charge is 0.485 e. The molecule has 0 aromatic heterocycles. The van der Waals surface area contributed by atoms with E-state index < -0.39 is 62.7 Å². The van der Waals surface area contributed by atoms with E-state index in [0.717, 1.165) is 0 Å². The number of rotatable bonds is 10. The first-order valence-electron chi connectivity index (χ1n) is 8.63. The maximum absolute atomic E-state index is 13.9. The summed E-state index contributed by atoms with van der Waals surface area (Å²) in [6, 6.07) is 0. The number of hydrogen-bond donors (Lipinski definition) is 0. The molecule has 0 amide bonds. The Labute approximate surface area is 183 Å². The third-order valence-electron chi connectivity index (χ3n) is 4.77. The average molecular weight is 565 g/mol. The molecule has 0 aromatic rings. The van der Waals surface area contributed by atoms with Gasteiger partial charge in [0.1, 0.15) is 6.54 Å². The normalized spacial score (nSPS) is 15.3. The Kier molecular flexibility index (Phi) is 10.7. The maximum Gasteiger partial charge on any atom is 0.485 e. The van der Waals surface area contributed by atoms with Crippen molar-refractivity contribution in [3.05, 3.63) is 0 Å². The molecular weight excluding hydrogens is 547 g/mol. The van der Waals surface area contributed by atoms with E-state index in [2.05, 4.69) is 0 Å². The number of quaternary nitrogens is 1. The van der Waals surface area contributed by atoms with Crippen LogP contribution in [-0.4, -0.2) is 85.2 Å². The van der Waals surface area contributed by atoms with Crippen molar-refractivity contribution in [1.29, 1.82) is 0 Å². The van der Waals surface area contributed by atoms with Crippen LogP contribution in [0.4, 0.5) is 65.9 Å². The molecule has 208 valence electrons. The Bertz CT molecular complexity index is 753. The van der Waals surface area contributed by atoms with Crippen molar-refractivity contribution in [3.63, 3.8) is 0 Å². The highest BCUT2D eigenvalue weighted by molar-refractivity contribution is 7.86. The molecule has 0 saturated heterocycles. The highest BCUT2D eigenvalue weighted by Gasteiger charge is 2.88. The number of alkyl halides is 15. The average Bonchev–Trinajstić information content (AvgIpc) is 2.64. The maximum atomic E-state index is 13.9. The standard InChI is InChI=1S/C13H18F12N.CHF3O3S/c1-4-26(5-2,6-3)7-9(16,17)11(20,21)13(24,25)12(22,23)10(18,19)8(14)15;2-1(3,4)8(5,6)7/h8H,4-7H2,1-3H3;(H,5,6,7)/q+1;/p-1. The van der Waals surface area contributed by atoms with E-state index >= 15 is 0 Å². The zero-order valence-electron chi connectivity index (χ0n) is 17.2. The highest BCUT2D eigenvalue weighted by Crippen LogP contribution is 2.58. The van der Waals surface area contributed by atoms with Crippen molar-refractivity contribution in [2.24, 2.45) is 0 Å². The minimum absolute atomic E-state index is 0.284. The molecule has 0 N–H and O–H groups in total. The summed E-state index contributed by atoms with van der Waals surface area (Å²) in [5.41, 5.74) is -5.65. The summed E-state index contributed by atoms with van der Waals surface area (Å²) in [4.78, 5) is 0. The first-order chi connectivity index (χ1) is 14.6. The highest BCUT2D eigenvalue weighted by atomic mass is 32.2. The monoisotopic (exact) mass is 565 g/mol. The molecule has 0 fully saturated rings. The van der Waals surface area contributed by atoms with Crippen molar-refractivity contribution >= 4 is 10.1 Å². The molecule has 0 rings (SSSR count). The molecule has 0 aliphatic carbocycles. The van der Waals surface area contributed by atoms with Gasteiger partial charge in [-0.2, -0.15) is 57.1 Å². The molecule has 0 aromatic carbocycles. The first kappa shape index (κ1) is 35.0. The van der Waals surface area contributed by atoms with Crippen LogP contribution < -0.4 is 0 Å². The van der Waals surface area contributed by atoms with Crippen molar-refractivity contribution in [2.45, 2.75) is 62.3 Å². The predicted octanol–water partition coefficient (Wildman–Crippen LogP) is 5.36. The fourth-order valence-corrected chi connectivity index (χ4v) is 2.30. The van der Waals surface area contributed by atoms with Gasteiger partial charge in [0.25, 0.3) is 0 Å². The molecule has 0 bridgehead atoms. The van der Waals surface area contributed by atoms with Crippen molar-refractivity contribution in [1.82, 2.24) is 0 Å². The Morgan fingerprint density at radius 3 is 1.18 bits per heavy atom. The summed E-state index contributed by atoms with van der Waals surface area (Å²) in [5, 5.41) is 0. The molecule has 0 unspecified atom stereocenters. The topological polar surface area (TPSA) is 57.2 Å². The second kappa shape index (κ2) is 10.4. The summed E-state index contributed by atoms with van der Waals surface area (Å²) < 4.78 is 215. The van der Waals surface area contributed by atoms with E-state index in [-0.39, 0.29) is 19.6 Å². The molecule has 34 heavy (non-hydrogen) atoms. The van der Waals surface area contributed by atoms with Gasteiger partial charge in [0, 0.05) is 0 Å². The number of nitrogens with zero attached hydrogens (tertiary/aromatic N) is 1. The van der Waals surface area contributed by atoms with Crippen LogP contribution in [0.3, 0.4) is 0 Å². The lowest BCUT2D eigenvalue weighted by Gasteiger charge is -2.43. The zero-order chi connectivity index (χ0) is 28.4. The SMILES string of the molecule is CC[N+](CC)(CC)CC(F)(F)C(F)(F)C(F)(F)C(F)(F)C(F)(F)C(F)F.O=S(=O)([O-])C(F)(F)F. The van der Waals surface area contributed by atoms with E-state index in [1.807, 2.05) is 0 Å². The lowest BCUT2D eigenvalue weighted by molar-refractivity contribution is -0.931. The molecule has 20 heteroatoms. The number of hydrogen-bond acceptors (Lipinski definition) is 3. The fraction of sp³-hybridized carbons (Fsp3) is 1.00. The van der Waals surface area contributed by atoms with Gasteiger partial charge in [-0.3, -0.25) is 0 Å². The van der Waals surface area contributed by atoms with Crippen LogP contribution in [0.1, 0.15) is 20.8 Å². The van der Waals surface area contributed by atoms with Gasteiger partial charge in [-0.05, 0) is 20.8 Å². The van der Waals surface area contributed by atoms with Gasteiger partial charge in [-0.15, -0.1) is 0 Å². The molecule has 0 spiro atoms. The Hall–Kier alpha value is -1.18. The minimum Gasteiger partial charge on any atom is -0.741 e. The second-order valence-electron chi connectivity index (χ2n) is 6.70. The van der Waals surface area contributed by atoms with Gasteiger partial charge in [0.15, 0.2) is 10.1 Å². The summed E-state index contributed by atoms with van der Waals surface area (Å²) in [6.45, 7) is 0.779. The van der Waals surface area contributed by atoms with E-state index in [1.165, 1.54) is 20.8 Å². The molecule has 0 saturated carbocycles. The van der Waals surface area contributed by atoms with Gasteiger partial charge in [-0.25, -0.2) is 17.2 Å². The fourth-order valence-electron chi connectivity index (χ4n) is 2.30. The lowest BCUT2D eigenvalue weighted by Crippen LogP contribution is -2.71. The van der Waals surface area contributed by atoms with Crippen LogP contribution in [0.15, 0.2) is 0 Å². The third-order valence-corrected chi connectivity index (χ3v) is 5.34. The van der Waals surface area contributed by atoms with Crippen LogP contribution in [-0.2, 0) is 10.1 Å². The van der Waals surface area contributed by atoms with Gasteiger partial charge in [-0.1, -0.05) is 0 Å². The van der Waals surface area contributed by atoms with Gasteiger partial charge in [0.05, 0.1) is 19.6 Å². The first-order valence-corrected chi connectivity index (χ1v) is 10.0. The van der Waals surface area contributed by atoms with Gasteiger partial charge >= 0.3 is 41.5 Å². The molecule has 0 aliphatic heterocycles. The van der Waals surface area contributed by atoms with Crippen molar-refractivity contribution in [3.8, 4) is 0 Å². The summed E-state index contributed by atoms with van der Waals surface area (Å²) >= 11 is 0. The Morgan fingerprint density at radius 2 is 0.971 bits per heavy atom. The lowest BCUT2D eigenvalue weighted by atomic mass is 9.93. The predicted molar refractivity (Wildman–Crippen MR) is 83.2 cm³/mol. The van der Waals surface area contributed by atoms with Crippen LogP contribution >= 0.6 is 0 Å². The Morgan fingerprint density at radius 1 is 0.676 bits per heavy atom. The van der Waals surface area contributed by atoms with Crippen LogP contribution in [0.2, 0.25) is 0 Å². The zero-order valence-corrected chi connectivity index (χ0v) is 18.0. The van der Waals surface area contributed by atoms with E-state index in [0.29, 0.717) is 0 Å². The van der Waals surface area contributed by atoms with Crippen LogP contribution in [0.25, 0.3) is 0 Å². The Balaban J connectivity index is 0. The molecule has 0 atom stereocenters. The van der Waals surface area contributed by atoms with E-state index in [1.54, 1.807) is 0 Å². The molecule has 4 nitrogen and oxygen atoms in total. The molecule has 0 radical (unpaired) electrons. The van der Waals surface area contributed by atoms with Gasteiger partial charge < -0.3 is 9.04 Å². The van der Waals surface area contributed by atoms with E-state index in [9.17, 15) is 65.9 Å². The van der Waals surface area contributed by atoms with Crippen molar-refractivity contribution < 1.29 is 83.3 Å². The third kappa shape index (κ3) is 6.52. The molecule has 0 aliphatic rings. The van der Waals surface area contributed by atoms with Gasteiger partial charge in [0.2, 0.25) is 0 Å². The summed E-state index contributed by atoms with van der Waals surface area (Å²) in [5.74, 6) is -34.7. The quantitative estimate of drug-likeness (QED) is 0.155. The summed E-state index contributed by atoms with van der Waals surface area (Å²) in [7, 11) is -6.09. The summed E-state index contributed by atoms with van der Waals surface area (Å²) in [6.07, 6.45) is -5.48. The van der Waals surface area contributed by atoms with Crippen LogP contribution in [0.5, 0.6) is 0 Å². The number of halogens is 15. The largest absolute Gasteiger partial charge is 0.741 e. The van der Waals surface area contributed by atoms with Crippen molar-refractivity contribution in [2.75, 3.05) is 26.2 Å². The molecular formula is C14H18F15NO3S. The molecule has 0 heterocycles. The van der Waals surface area contributed by atoms with Crippen LogP contribution in [0, 0.1) is 0 Å². The minimum atomic E-state index is -7.45.